The second kappa shape index (κ2) is 6.18. The van der Waals surface area contributed by atoms with Gasteiger partial charge in [-0.2, -0.15) is 0 Å². The first-order chi connectivity index (χ1) is 9.56. The van der Waals surface area contributed by atoms with Crippen LogP contribution < -0.4 is 5.32 Å². The van der Waals surface area contributed by atoms with E-state index >= 15 is 0 Å². The Morgan fingerprint density at radius 1 is 1.30 bits per heavy atom. The quantitative estimate of drug-likeness (QED) is 0.806. The third kappa shape index (κ3) is 3.57. The van der Waals surface area contributed by atoms with Crippen LogP contribution in [0.25, 0.3) is 0 Å². The highest BCUT2D eigenvalue weighted by molar-refractivity contribution is 5.89. The highest BCUT2D eigenvalue weighted by atomic mass is 16.4. The van der Waals surface area contributed by atoms with Gasteiger partial charge in [-0.25, -0.2) is 0 Å². The van der Waals surface area contributed by atoms with Gasteiger partial charge in [0.2, 0.25) is 11.8 Å². The molecule has 2 N–H and O–H groups in total. The van der Waals surface area contributed by atoms with Crippen LogP contribution in [0.2, 0.25) is 0 Å². The second-order valence-electron chi connectivity index (χ2n) is 4.78. The normalized spacial score (nSPS) is 18.1. The van der Waals surface area contributed by atoms with Crippen LogP contribution in [-0.2, 0) is 20.9 Å². The molecule has 0 spiro atoms. The summed E-state index contributed by atoms with van der Waals surface area (Å²) in [5.74, 6) is -2.27. The number of nitrogens with one attached hydrogen (secondary N) is 1. The summed E-state index contributed by atoms with van der Waals surface area (Å²) in [7, 11) is 0. The van der Waals surface area contributed by atoms with Gasteiger partial charge in [-0.05, 0) is 5.56 Å². The first-order valence-corrected chi connectivity index (χ1v) is 6.37. The summed E-state index contributed by atoms with van der Waals surface area (Å²) < 4.78 is 0. The predicted molar refractivity (Wildman–Crippen MR) is 70.6 cm³/mol. The molecule has 6 nitrogen and oxygen atoms in total. The molecule has 1 unspecified atom stereocenters. The number of aliphatic carboxylic acids is 1. The van der Waals surface area contributed by atoms with E-state index in [9.17, 15) is 14.4 Å². The molecule has 1 fully saturated rings. The van der Waals surface area contributed by atoms with Crippen molar-refractivity contribution in [2.45, 2.75) is 13.0 Å². The zero-order valence-corrected chi connectivity index (χ0v) is 10.9. The molecule has 2 amide bonds. The summed E-state index contributed by atoms with van der Waals surface area (Å²) in [5.41, 5.74) is 0.969. The first kappa shape index (κ1) is 14.0. The summed E-state index contributed by atoms with van der Waals surface area (Å²) in [5, 5.41) is 11.6. The molecule has 0 aliphatic carbocycles. The van der Waals surface area contributed by atoms with Gasteiger partial charge in [-0.3, -0.25) is 14.4 Å². The molecule has 6 heteroatoms. The van der Waals surface area contributed by atoms with Crippen molar-refractivity contribution in [3.8, 4) is 0 Å². The maximum absolute atomic E-state index is 11.7. The zero-order valence-electron chi connectivity index (χ0n) is 10.9. The van der Waals surface area contributed by atoms with Gasteiger partial charge in [0.05, 0.1) is 12.5 Å². The van der Waals surface area contributed by atoms with Crippen LogP contribution in [0.5, 0.6) is 0 Å². The van der Waals surface area contributed by atoms with Crippen molar-refractivity contribution in [3.05, 3.63) is 35.9 Å². The Kier molecular flexibility index (Phi) is 4.34. The van der Waals surface area contributed by atoms with E-state index in [0.717, 1.165) is 5.56 Å². The molecule has 1 aromatic carbocycles. The maximum Gasteiger partial charge on any atom is 0.308 e. The van der Waals surface area contributed by atoms with Crippen LogP contribution in [-0.4, -0.2) is 40.9 Å². The van der Waals surface area contributed by atoms with E-state index in [-0.39, 0.29) is 31.3 Å². The second-order valence-corrected chi connectivity index (χ2v) is 4.78. The van der Waals surface area contributed by atoms with E-state index in [0.29, 0.717) is 6.54 Å². The van der Waals surface area contributed by atoms with Crippen LogP contribution in [0.15, 0.2) is 30.3 Å². The molecular formula is C14H16N2O4. The van der Waals surface area contributed by atoms with Crippen molar-refractivity contribution < 1.29 is 19.5 Å². The Morgan fingerprint density at radius 2 is 2.00 bits per heavy atom. The van der Waals surface area contributed by atoms with E-state index in [1.165, 1.54) is 4.90 Å². The highest BCUT2D eigenvalue weighted by Crippen LogP contribution is 2.17. The number of amides is 2. The molecule has 0 bridgehead atoms. The number of carboxylic acid groups (broad SMARTS) is 1. The van der Waals surface area contributed by atoms with Gasteiger partial charge in [0, 0.05) is 19.5 Å². The average Bonchev–Trinajstić information content (AvgIpc) is 2.79. The average molecular weight is 276 g/mol. The number of benzene rings is 1. The molecule has 0 radical (unpaired) electrons. The molecule has 2 rings (SSSR count). The Morgan fingerprint density at radius 3 is 2.60 bits per heavy atom. The standard InChI is InChI=1S/C14H16N2O4/c17-12(15-7-10-4-2-1-3-5-10)9-16-8-11(14(19)20)6-13(16)18/h1-5,11H,6-9H2,(H,15,17)(H,19,20). The molecule has 20 heavy (non-hydrogen) atoms. The van der Waals surface area contributed by atoms with Gasteiger partial charge >= 0.3 is 5.97 Å². The monoisotopic (exact) mass is 276 g/mol. The molecule has 1 heterocycles. The van der Waals surface area contributed by atoms with Crippen molar-refractivity contribution in [1.29, 1.82) is 0 Å². The molecule has 1 aliphatic rings. The molecule has 1 aromatic rings. The van der Waals surface area contributed by atoms with Crippen LogP contribution in [0, 0.1) is 5.92 Å². The van der Waals surface area contributed by atoms with Crippen LogP contribution in [0.4, 0.5) is 0 Å². The maximum atomic E-state index is 11.7. The smallest absolute Gasteiger partial charge is 0.308 e. The lowest BCUT2D eigenvalue weighted by Crippen LogP contribution is -2.38. The molecule has 0 aromatic heterocycles. The molecule has 1 saturated heterocycles. The zero-order chi connectivity index (χ0) is 14.5. The minimum absolute atomic E-state index is 0.0265. The number of carbonyl (C=O) groups is 3. The number of hydrogen-bond acceptors (Lipinski definition) is 3. The molecule has 106 valence electrons. The first-order valence-electron chi connectivity index (χ1n) is 6.37. The Labute approximate surface area is 116 Å². The molecular weight excluding hydrogens is 260 g/mol. The summed E-state index contributed by atoms with van der Waals surface area (Å²) >= 11 is 0. The summed E-state index contributed by atoms with van der Waals surface area (Å²) in [6.45, 7) is 0.409. The minimum Gasteiger partial charge on any atom is -0.481 e. The largest absolute Gasteiger partial charge is 0.481 e. The lowest BCUT2D eigenvalue weighted by molar-refractivity contribution is -0.141. The van der Waals surface area contributed by atoms with E-state index in [1.54, 1.807) is 0 Å². The summed E-state index contributed by atoms with van der Waals surface area (Å²) in [4.78, 5) is 35.4. The topological polar surface area (TPSA) is 86.7 Å². The lowest BCUT2D eigenvalue weighted by atomic mass is 10.1. The van der Waals surface area contributed by atoms with Crippen LogP contribution in [0.1, 0.15) is 12.0 Å². The van der Waals surface area contributed by atoms with Crippen LogP contribution in [0.3, 0.4) is 0 Å². The number of likely N-dealkylation sites (tertiary alicyclic amines) is 1. The third-order valence-electron chi connectivity index (χ3n) is 3.23. The fraction of sp³-hybridized carbons (Fsp3) is 0.357. The van der Waals surface area contributed by atoms with Crippen molar-refractivity contribution in [2.24, 2.45) is 5.92 Å². The lowest BCUT2D eigenvalue weighted by Gasteiger charge is -2.15. The van der Waals surface area contributed by atoms with E-state index in [1.807, 2.05) is 30.3 Å². The molecule has 0 saturated carbocycles. The summed E-state index contributed by atoms with van der Waals surface area (Å²) in [6.07, 6.45) is -0.0265. The van der Waals surface area contributed by atoms with Crippen molar-refractivity contribution >= 4 is 17.8 Å². The fourth-order valence-electron chi connectivity index (χ4n) is 2.12. The van der Waals surface area contributed by atoms with E-state index in [2.05, 4.69) is 5.32 Å². The number of carbonyl (C=O) groups excluding carboxylic acids is 2. The minimum atomic E-state index is -0.995. The Balaban J connectivity index is 1.80. The Hall–Kier alpha value is -2.37. The van der Waals surface area contributed by atoms with Gasteiger partial charge in [0.1, 0.15) is 0 Å². The van der Waals surface area contributed by atoms with Gasteiger partial charge in [-0.1, -0.05) is 30.3 Å². The predicted octanol–water partition coefficient (Wildman–Crippen LogP) is 0.236. The van der Waals surface area contributed by atoms with Crippen molar-refractivity contribution in [1.82, 2.24) is 10.2 Å². The highest BCUT2D eigenvalue weighted by Gasteiger charge is 2.34. The number of carboxylic acids is 1. The molecule has 1 atom stereocenters. The molecule has 1 aliphatic heterocycles. The van der Waals surface area contributed by atoms with E-state index in [4.69, 9.17) is 5.11 Å². The third-order valence-corrected chi connectivity index (χ3v) is 3.23. The fourth-order valence-corrected chi connectivity index (χ4v) is 2.12. The van der Waals surface area contributed by atoms with Gasteiger partial charge in [0.15, 0.2) is 0 Å². The van der Waals surface area contributed by atoms with Gasteiger partial charge in [-0.15, -0.1) is 0 Å². The van der Waals surface area contributed by atoms with Gasteiger partial charge < -0.3 is 15.3 Å². The summed E-state index contributed by atoms with van der Waals surface area (Å²) in [6, 6.07) is 9.43. The van der Waals surface area contributed by atoms with Gasteiger partial charge in [0.25, 0.3) is 0 Å². The number of nitrogens with zero attached hydrogens (tertiary/aromatic N) is 1. The number of rotatable bonds is 5. The Bertz CT molecular complexity index is 515. The van der Waals surface area contributed by atoms with Crippen molar-refractivity contribution in [3.63, 3.8) is 0 Å². The number of hydrogen-bond donors (Lipinski definition) is 2. The SMILES string of the molecule is O=C(CN1CC(C(=O)O)CC1=O)NCc1ccccc1. The van der Waals surface area contributed by atoms with Crippen LogP contribution >= 0.6 is 0 Å². The van der Waals surface area contributed by atoms with Crippen molar-refractivity contribution in [2.75, 3.05) is 13.1 Å². The van der Waals surface area contributed by atoms with E-state index < -0.39 is 11.9 Å².